The van der Waals surface area contributed by atoms with Crippen LogP contribution >= 0.6 is 31.9 Å². The molecule has 0 saturated heterocycles. The summed E-state index contributed by atoms with van der Waals surface area (Å²) in [6, 6.07) is 5.04. The summed E-state index contributed by atoms with van der Waals surface area (Å²) in [5.41, 5.74) is -2.01. The summed E-state index contributed by atoms with van der Waals surface area (Å²) in [5, 5.41) is -6.15. The van der Waals surface area contributed by atoms with Gasteiger partial charge in [-0.05, 0) is 44.0 Å². The molecule has 0 N–H and O–H groups in total. The molecule has 0 heterocycles. The zero-order chi connectivity index (χ0) is 21.7. The Morgan fingerprint density at radius 2 is 1.39 bits per heavy atom. The fourth-order valence-electron chi connectivity index (χ4n) is 2.03. The van der Waals surface area contributed by atoms with E-state index < -0.39 is 60.7 Å². The standard InChI is InChI=1S/C15H4Br2F9OS/c16-6-4-7(17)11(12-8(18)2-1-3-9(12)19)10(5-6)28(27)15(25,26)13(20,21)14(22,23)24/h1-3,5H. The summed E-state index contributed by atoms with van der Waals surface area (Å²) in [4.78, 5) is -1.37. The van der Waals surface area contributed by atoms with E-state index in [0.29, 0.717) is 18.2 Å². The highest BCUT2D eigenvalue weighted by Crippen LogP contribution is 2.52. The van der Waals surface area contributed by atoms with Crippen molar-refractivity contribution in [3.05, 3.63) is 50.9 Å². The van der Waals surface area contributed by atoms with Crippen molar-refractivity contribution in [2.75, 3.05) is 0 Å². The lowest BCUT2D eigenvalue weighted by molar-refractivity contribution is -0.332. The minimum atomic E-state index is -6.73. The first-order chi connectivity index (χ1) is 12.6. The zero-order valence-corrected chi connectivity index (χ0v) is 16.8. The third kappa shape index (κ3) is 3.90. The Morgan fingerprint density at radius 3 is 1.86 bits per heavy atom. The lowest BCUT2D eigenvalue weighted by atomic mass is 10.0. The first kappa shape index (κ1) is 23.4. The van der Waals surface area contributed by atoms with E-state index in [1.165, 1.54) is 0 Å². The number of rotatable bonds is 4. The Morgan fingerprint density at radius 1 is 0.893 bits per heavy atom. The van der Waals surface area contributed by atoms with Crippen LogP contribution in [0, 0.1) is 17.7 Å². The summed E-state index contributed by atoms with van der Waals surface area (Å²) in [5.74, 6) is -9.41. The van der Waals surface area contributed by atoms with Gasteiger partial charge in [0, 0.05) is 21.1 Å². The van der Waals surface area contributed by atoms with E-state index in [2.05, 4.69) is 37.9 Å². The van der Waals surface area contributed by atoms with Gasteiger partial charge < -0.3 is 4.55 Å². The lowest BCUT2D eigenvalue weighted by Gasteiger charge is -2.29. The zero-order valence-electron chi connectivity index (χ0n) is 12.8. The largest absolute Gasteiger partial charge is 0.606 e. The van der Waals surface area contributed by atoms with Crippen LogP contribution in [0.5, 0.6) is 0 Å². The maximum atomic E-state index is 14.1. The third-order valence-corrected chi connectivity index (χ3v) is 5.79. The van der Waals surface area contributed by atoms with Crippen molar-refractivity contribution in [1.82, 2.24) is 0 Å². The Kier molecular flexibility index (Phi) is 6.45. The summed E-state index contributed by atoms with van der Waals surface area (Å²) >= 11 is 1.06. The molecule has 0 aliphatic rings. The molecule has 0 aliphatic carbocycles. The van der Waals surface area contributed by atoms with Gasteiger partial charge >= 0.3 is 17.4 Å². The SMILES string of the molecule is [O-][S+](c1cc(Br)[c]c(Br)c1-c1c(F)cccc1F)C(F)(F)C(F)(F)C(F)(F)F. The first-order valence-electron chi connectivity index (χ1n) is 6.73. The van der Waals surface area contributed by atoms with Gasteiger partial charge in [-0.3, -0.25) is 0 Å². The summed E-state index contributed by atoms with van der Waals surface area (Å²) in [6.45, 7) is 0. The molecule has 1 nitrogen and oxygen atoms in total. The Hall–Kier alpha value is -0.920. The Labute approximate surface area is 171 Å². The second-order valence-corrected chi connectivity index (χ2v) is 8.26. The molecule has 0 bridgehead atoms. The molecule has 2 aromatic carbocycles. The van der Waals surface area contributed by atoms with Crippen LogP contribution in [0.1, 0.15) is 0 Å². The minimum Gasteiger partial charge on any atom is -0.606 e. The molecule has 2 rings (SSSR count). The highest BCUT2D eigenvalue weighted by Gasteiger charge is 2.80. The molecule has 153 valence electrons. The predicted octanol–water partition coefficient (Wildman–Crippen LogP) is 6.85. The van der Waals surface area contributed by atoms with Crippen LogP contribution < -0.4 is 0 Å². The molecule has 1 atom stereocenters. The van der Waals surface area contributed by atoms with Crippen LogP contribution in [-0.4, -0.2) is 21.9 Å². The molecule has 13 heteroatoms. The Bertz CT molecular complexity index is 882. The van der Waals surface area contributed by atoms with Crippen molar-refractivity contribution in [3.63, 3.8) is 0 Å². The lowest BCUT2D eigenvalue weighted by Crippen LogP contribution is -2.56. The monoisotopic (exact) mass is 561 g/mol. The molecular formula is C15H4Br2F9OS. The van der Waals surface area contributed by atoms with Crippen LogP contribution in [0.15, 0.2) is 38.1 Å². The fraction of sp³-hybridized carbons (Fsp3) is 0.200. The van der Waals surface area contributed by atoms with Crippen molar-refractivity contribution in [3.8, 4) is 11.1 Å². The average molecular weight is 563 g/mol. The smallest absolute Gasteiger partial charge is 0.486 e. The third-order valence-electron chi connectivity index (χ3n) is 3.32. The first-order valence-corrected chi connectivity index (χ1v) is 9.46. The van der Waals surface area contributed by atoms with E-state index in [0.717, 1.165) is 6.07 Å². The molecule has 1 radical (unpaired) electrons. The predicted molar refractivity (Wildman–Crippen MR) is 88.4 cm³/mol. The highest BCUT2D eigenvalue weighted by atomic mass is 79.9. The van der Waals surface area contributed by atoms with Gasteiger partial charge in [0.05, 0.1) is 22.3 Å². The summed E-state index contributed by atoms with van der Waals surface area (Å²) in [7, 11) is 0. The van der Waals surface area contributed by atoms with Gasteiger partial charge in [-0.25, -0.2) is 8.78 Å². The molecule has 1 unspecified atom stereocenters. The number of hydrogen-bond donors (Lipinski definition) is 0. The van der Waals surface area contributed by atoms with Crippen molar-refractivity contribution in [2.45, 2.75) is 22.2 Å². The highest BCUT2D eigenvalue weighted by molar-refractivity contribution is 9.11. The number of hydrogen-bond acceptors (Lipinski definition) is 1. The fourth-order valence-corrected chi connectivity index (χ4v) is 4.87. The van der Waals surface area contributed by atoms with E-state index >= 15 is 0 Å². The van der Waals surface area contributed by atoms with E-state index in [4.69, 9.17) is 0 Å². The minimum absolute atomic E-state index is 0.297. The summed E-state index contributed by atoms with van der Waals surface area (Å²) in [6.07, 6.45) is -6.73. The molecule has 0 aromatic heterocycles. The number of halogens is 11. The molecular weight excluding hydrogens is 559 g/mol. The molecule has 0 spiro atoms. The van der Waals surface area contributed by atoms with Crippen LogP contribution in [0.4, 0.5) is 39.5 Å². The molecule has 28 heavy (non-hydrogen) atoms. The second kappa shape index (κ2) is 7.73. The molecule has 0 saturated carbocycles. The molecule has 0 aliphatic heterocycles. The number of benzene rings is 2. The molecule has 2 aromatic rings. The molecule has 0 fully saturated rings. The normalized spacial score (nSPS) is 14.3. The maximum absolute atomic E-state index is 14.1. The van der Waals surface area contributed by atoms with Crippen LogP contribution in [-0.2, 0) is 11.2 Å². The second-order valence-electron chi connectivity index (χ2n) is 5.12. The average Bonchev–Trinajstić information content (AvgIpc) is 2.54. The number of alkyl halides is 7. The molecule has 0 amide bonds. The van der Waals surface area contributed by atoms with Crippen molar-refractivity contribution in [2.24, 2.45) is 0 Å². The van der Waals surface area contributed by atoms with Crippen LogP contribution in [0.3, 0.4) is 0 Å². The van der Waals surface area contributed by atoms with Crippen LogP contribution in [0.25, 0.3) is 11.1 Å². The van der Waals surface area contributed by atoms with Crippen molar-refractivity contribution >= 4 is 43.0 Å². The van der Waals surface area contributed by atoms with Gasteiger partial charge in [0.15, 0.2) is 4.90 Å². The van der Waals surface area contributed by atoms with Gasteiger partial charge in [0.25, 0.3) is 0 Å². The van der Waals surface area contributed by atoms with Gasteiger partial charge in [0.1, 0.15) is 11.6 Å². The van der Waals surface area contributed by atoms with Crippen molar-refractivity contribution in [1.29, 1.82) is 0 Å². The van der Waals surface area contributed by atoms with E-state index in [1.807, 2.05) is 0 Å². The van der Waals surface area contributed by atoms with Gasteiger partial charge in [-0.15, -0.1) is 8.78 Å². The maximum Gasteiger partial charge on any atom is 0.486 e. The van der Waals surface area contributed by atoms with E-state index in [1.54, 1.807) is 0 Å². The topological polar surface area (TPSA) is 23.1 Å². The van der Waals surface area contributed by atoms with E-state index in [-0.39, 0.29) is 4.47 Å². The summed E-state index contributed by atoms with van der Waals surface area (Å²) < 4.78 is 131. The van der Waals surface area contributed by atoms with E-state index in [9.17, 15) is 44.1 Å². The quantitative estimate of drug-likeness (QED) is 0.295. The van der Waals surface area contributed by atoms with Crippen LogP contribution in [0.2, 0.25) is 0 Å². The van der Waals surface area contributed by atoms with Gasteiger partial charge in [-0.2, -0.15) is 22.0 Å². The van der Waals surface area contributed by atoms with Crippen molar-refractivity contribution < 1.29 is 44.1 Å². The van der Waals surface area contributed by atoms with Gasteiger partial charge in [-0.1, -0.05) is 6.07 Å². The Balaban J connectivity index is 2.80. The van der Waals surface area contributed by atoms with Gasteiger partial charge in [0.2, 0.25) is 0 Å².